The van der Waals surface area contributed by atoms with Crippen molar-refractivity contribution < 1.29 is 15.6 Å². The molecule has 0 aliphatic carbocycles. The Morgan fingerprint density at radius 1 is 1.42 bits per heavy atom. The van der Waals surface area contributed by atoms with Gasteiger partial charge in [0.2, 0.25) is 6.27 Å². The van der Waals surface area contributed by atoms with Crippen molar-refractivity contribution in [2.75, 3.05) is 7.11 Å². The highest BCUT2D eigenvalue weighted by Gasteiger charge is 2.19. The Morgan fingerprint density at radius 3 is 2.92 bits per heavy atom. The van der Waals surface area contributed by atoms with Gasteiger partial charge in [0, 0.05) is 13.0 Å². The van der Waals surface area contributed by atoms with E-state index in [9.17, 15) is 0 Å². The highest BCUT2D eigenvalue weighted by molar-refractivity contribution is 5.47. The molecule has 2 rings (SSSR count). The Kier molecular flexibility index (Phi) is 1.33. The molecule has 1 heterocycles. The SMILES string of the molecule is [2H]C1(C)Oc2ccc(OC)cc2O1. The average molecular weight is 167 g/mol. The van der Waals surface area contributed by atoms with Gasteiger partial charge in [-0.15, -0.1) is 0 Å². The molecule has 3 nitrogen and oxygen atoms in total. The van der Waals surface area contributed by atoms with E-state index in [-0.39, 0.29) is 0 Å². The third-order valence-electron chi connectivity index (χ3n) is 1.66. The van der Waals surface area contributed by atoms with E-state index in [2.05, 4.69) is 0 Å². The molecule has 1 aromatic rings. The summed E-state index contributed by atoms with van der Waals surface area (Å²) in [5.74, 6) is 1.83. The molecule has 3 heteroatoms. The van der Waals surface area contributed by atoms with Crippen molar-refractivity contribution in [1.82, 2.24) is 0 Å². The van der Waals surface area contributed by atoms with Crippen LogP contribution in [0.5, 0.6) is 17.2 Å². The van der Waals surface area contributed by atoms with E-state index >= 15 is 0 Å². The topological polar surface area (TPSA) is 27.7 Å². The van der Waals surface area contributed by atoms with Crippen molar-refractivity contribution in [3.63, 3.8) is 0 Å². The van der Waals surface area contributed by atoms with E-state index in [0.717, 1.165) is 0 Å². The van der Waals surface area contributed by atoms with Crippen LogP contribution in [0.4, 0.5) is 0 Å². The van der Waals surface area contributed by atoms with Crippen LogP contribution in [0.3, 0.4) is 0 Å². The van der Waals surface area contributed by atoms with Gasteiger partial charge in [-0.1, -0.05) is 0 Å². The minimum Gasteiger partial charge on any atom is -0.497 e. The van der Waals surface area contributed by atoms with E-state index in [1.54, 1.807) is 32.2 Å². The van der Waals surface area contributed by atoms with Gasteiger partial charge in [-0.2, -0.15) is 0 Å². The van der Waals surface area contributed by atoms with Crippen molar-refractivity contribution >= 4 is 0 Å². The summed E-state index contributed by atoms with van der Waals surface area (Å²) < 4.78 is 22.9. The molecule has 0 bridgehead atoms. The number of methoxy groups -OCH3 is 1. The highest BCUT2D eigenvalue weighted by Crippen LogP contribution is 2.37. The van der Waals surface area contributed by atoms with Crippen LogP contribution in [0.2, 0.25) is 0 Å². The lowest BCUT2D eigenvalue weighted by Crippen LogP contribution is -2.11. The fraction of sp³-hybridized carbons (Fsp3) is 0.333. The molecule has 0 amide bonds. The summed E-state index contributed by atoms with van der Waals surface area (Å²) in [4.78, 5) is 0. The van der Waals surface area contributed by atoms with Crippen molar-refractivity contribution in [2.24, 2.45) is 0 Å². The number of hydrogen-bond donors (Lipinski definition) is 0. The molecule has 1 aliphatic rings. The molecular formula is C9H10O3. The minimum atomic E-state index is -1.31. The lowest BCUT2D eigenvalue weighted by atomic mass is 10.3. The average Bonchev–Trinajstić information content (AvgIpc) is 2.36. The fourth-order valence-corrected chi connectivity index (χ4v) is 1.11. The molecule has 0 saturated heterocycles. The molecule has 1 aromatic carbocycles. The zero-order valence-electron chi connectivity index (χ0n) is 7.96. The van der Waals surface area contributed by atoms with Gasteiger partial charge < -0.3 is 14.2 Å². The second-order valence-electron chi connectivity index (χ2n) is 2.51. The largest absolute Gasteiger partial charge is 0.497 e. The fourth-order valence-electron chi connectivity index (χ4n) is 1.11. The third kappa shape index (κ3) is 1.07. The molecule has 0 radical (unpaired) electrons. The first kappa shape index (κ1) is 6.17. The standard InChI is InChI=1S/C9H10O3/c1-6-11-8-4-3-7(10-2)5-9(8)12-6/h3-6H,1-2H3/i6D. The normalized spacial score (nSPS) is 26.7. The molecule has 64 valence electrons. The van der Waals surface area contributed by atoms with E-state index in [4.69, 9.17) is 15.6 Å². The smallest absolute Gasteiger partial charge is 0.238 e. The van der Waals surface area contributed by atoms with Crippen LogP contribution >= 0.6 is 0 Å². The first-order valence-electron chi connectivity index (χ1n) is 4.17. The van der Waals surface area contributed by atoms with Crippen molar-refractivity contribution in [3.8, 4) is 17.2 Å². The number of ether oxygens (including phenoxy) is 3. The van der Waals surface area contributed by atoms with E-state index < -0.39 is 6.27 Å². The van der Waals surface area contributed by atoms with Gasteiger partial charge in [0.15, 0.2) is 11.5 Å². The van der Waals surface area contributed by atoms with Gasteiger partial charge in [-0.25, -0.2) is 0 Å². The Morgan fingerprint density at radius 2 is 2.17 bits per heavy atom. The highest BCUT2D eigenvalue weighted by atomic mass is 16.7. The molecule has 1 aliphatic heterocycles. The van der Waals surface area contributed by atoms with Gasteiger partial charge in [0.25, 0.3) is 0 Å². The quantitative estimate of drug-likeness (QED) is 0.638. The maximum atomic E-state index is 7.51. The van der Waals surface area contributed by atoms with Crippen molar-refractivity contribution in [2.45, 2.75) is 13.2 Å². The van der Waals surface area contributed by atoms with Gasteiger partial charge in [0.1, 0.15) is 7.12 Å². The zero-order chi connectivity index (χ0) is 9.47. The van der Waals surface area contributed by atoms with Crippen LogP contribution in [0, 0.1) is 0 Å². The zero-order valence-corrected chi connectivity index (χ0v) is 6.96. The Balaban J connectivity index is 2.36. The second-order valence-corrected chi connectivity index (χ2v) is 2.51. The first-order chi connectivity index (χ1) is 6.11. The van der Waals surface area contributed by atoms with Crippen LogP contribution < -0.4 is 14.2 Å². The van der Waals surface area contributed by atoms with E-state index in [1.807, 2.05) is 0 Å². The Labute approximate surface area is 72.3 Å². The Bertz CT molecular complexity index is 336. The molecule has 1 atom stereocenters. The summed E-state index contributed by atoms with van der Waals surface area (Å²) in [6, 6.07) is 5.20. The first-order valence-corrected chi connectivity index (χ1v) is 3.67. The van der Waals surface area contributed by atoms with Crippen LogP contribution in [-0.4, -0.2) is 13.4 Å². The number of rotatable bonds is 1. The third-order valence-corrected chi connectivity index (χ3v) is 1.66. The van der Waals surface area contributed by atoms with Gasteiger partial charge >= 0.3 is 0 Å². The van der Waals surface area contributed by atoms with Crippen LogP contribution in [0.15, 0.2) is 18.2 Å². The predicted molar refractivity (Wildman–Crippen MR) is 43.7 cm³/mol. The lowest BCUT2D eigenvalue weighted by molar-refractivity contribution is 0.0678. The summed E-state index contributed by atoms with van der Waals surface area (Å²) in [7, 11) is 1.58. The van der Waals surface area contributed by atoms with Gasteiger partial charge in [-0.05, 0) is 12.1 Å². The van der Waals surface area contributed by atoms with Gasteiger partial charge in [0.05, 0.1) is 7.11 Å². The molecule has 0 fully saturated rings. The maximum Gasteiger partial charge on any atom is 0.238 e. The summed E-state index contributed by atoms with van der Waals surface area (Å²) in [5.41, 5.74) is 0. The number of fused-ring (bicyclic) bond motifs is 1. The molecular weight excluding hydrogens is 156 g/mol. The van der Waals surface area contributed by atoms with Crippen LogP contribution in [-0.2, 0) is 0 Å². The molecule has 0 aromatic heterocycles. The molecule has 12 heavy (non-hydrogen) atoms. The van der Waals surface area contributed by atoms with E-state index in [0.29, 0.717) is 17.2 Å². The van der Waals surface area contributed by atoms with E-state index in [1.165, 1.54) is 0 Å². The van der Waals surface area contributed by atoms with Crippen molar-refractivity contribution in [1.29, 1.82) is 0 Å². The molecule has 1 unspecified atom stereocenters. The second kappa shape index (κ2) is 2.59. The van der Waals surface area contributed by atoms with Crippen LogP contribution in [0.1, 0.15) is 8.29 Å². The number of benzene rings is 1. The molecule has 0 N–H and O–H groups in total. The minimum absolute atomic E-state index is 0.553. The van der Waals surface area contributed by atoms with Gasteiger partial charge in [-0.3, -0.25) is 0 Å². The summed E-state index contributed by atoms with van der Waals surface area (Å²) in [5, 5.41) is 0. The summed E-state index contributed by atoms with van der Waals surface area (Å²) in [6.07, 6.45) is -1.31. The summed E-state index contributed by atoms with van der Waals surface area (Å²) in [6.45, 7) is 1.54. The Hall–Kier alpha value is -1.38. The number of hydrogen-bond acceptors (Lipinski definition) is 3. The lowest BCUT2D eigenvalue weighted by Gasteiger charge is -2.00. The van der Waals surface area contributed by atoms with Crippen LogP contribution in [0.25, 0.3) is 0 Å². The van der Waals surface area contributed by atoms with Crippen molar-refractivity contribution in [3.05, 3.63) is 18.2 Å². The molecule has 0 saturated carbocycles. The monoisotopic (exact) mass is 167 g/mol. The predicted octanol–water partition coefficient (Wildman–Crippen LogP) is 1.81. The molecule has 0 spiro atoms. The maximum absolute atomic E-state index is 7.51. The summed E-state index contributed by atoms with van der Waals surface area (Å²) >= 11 is 0.